The van der Waals surface area contributed by atoms with Crippen LogP contribution in [0, 0.1) is 0 Å². The zero-order chi connectivity index (χ0) is 15.8. The zero-order valence-electron chi connectivity index (χ0n) is 14.1. The van der Waals surface area contributed by atoms with Crippen LogP contribution in [0.1, 0.15) is 51.3 Å². The van der Waals surface area contributed by atoms with Crippen molar-refractivity contribution in [1.29, 1.82) is 0 Å². The van der Waals surface area contributed by atoms with Crippen LogP contribution in [0.5, 0.6) is 0 Å². The van der Waals surface area contributed by atoms with Gasteiger partial charge in [-0.3, -0.25) is 0 Å². The smallest absolute Gasteiger partial charge is 0.139 e. The minimum atomic E-state index is -0.0998. The van der Waals surface area contributed by atoms with E-state index in [1.165, 1.54) is 22.2 Å². The molecule has 0 aliphatic rings. The minimum Gasteiger partial charge on any atom is -0.398 e. The van der Waals surface area contributed by atoms with Crippen LogP contribution >= 0.6 is 0 Å². The lowest BCUT2D eigenvalue weighted by Crippen LogP contribution is -2.25. The Bertz CT molecular complexity index is 651. The standard InChI is InChI=1S/C19H26BN/c1-18(2,3)13-10-14(12-15(20)11-13)19(4,5)16-8-6-7-9-17(16)21/h6-12H,20-21H2,1-5H3. The molecule has 0 fully saturated rings. The molecule has 110 valence electrons. The van der Waals surface area contributed by atoms with E-state index in [4.69, 9.17) is 5.73 Å². The number of rotatable bonds is 2. The van der Waals surface area contributed by atoms with Crippen molar-refractivity contribution in [3.05, 3.63) is 59.2 Å². The summed E-state index contributed by atoms with van der Waals surface area (Å²) in [6.07, 6.45) is 0. The molecule has 0 atom stereocenters. The highest BCUT2D eigenvalue weighted by atomic mass is 14.6. The van der Waals surface area contributed by atoms with Crippen LogP contribution in [0.25, 0.3) is 0 Å². The maximum absolute atomic E-state index is 6.21. The van der Waals surface area contributed by atoms with Crippen molar-refractivity contribution in [2.45, 2.75) is 45.4 Å². The fourth-order valence-electron chi connectivity index (χ4n) is 2.80. The maximum Gasteiger partial charge on any atom is 0.139 e. The summed E-state index contributed by atoms with van der Waals surface area (Å²) in [5.41, 5.74) is 12.3. The van der Waals surface area contributed by atoms with Crippen LogP contribution in [0.4, 0.5) is 5.69 Å². The molecule has 0 aliphatic heterocycles. The second kappa shape index (κ2) is 5.25. The molecule has 0 amide bonds. The summed E-state index contributed by atoms with van der Waals surface area (Å²) < 4.78 is 0. The van der Waals surface area contributed by atoms with Crippen LogP contribution in [0.3, 0.4) is 0 Å². The zero-order valence-corrected chi connectivity index (χ0v) is 14.1. The van der Waals surface area contributed by atoms with Gasteiger partial charge in [-0.2, -0.15) is 0 Å². The number of anilines is 1. The fourth-order valence-corrected chi connectivity index (χ4v) is 2.80. The predicted molar refractivity (Wildman–Crippen MR) is 96.3 cm³/mol. The molecule has 0 spiro atoms. The average Bonchev–Trinajstić information content (AvgIpc) is 2.37. The predicted octanol–water partition coefficient (Wildman–Crippen LogP) is 3.15. The van der Waals surface area contributed by atoms with E-state index in [9.17, 15) is 0 Å². The van der Waals surface area contributed by atoms with Crippen molar-refractivity contribution in [2.24, 2.45) is 0 Å². The lowest BCUT2D eigenvalue weighted by Gasteiger charge is -2.30. The Morgan fingerprint density at radius 3 is 2.00 bits per heavy atom. The molecule has 1 nitrogen and oxygen atoms in total. The number of nitrogen functional groups attached to an aromatic ring is 1. The molecule has 0 saturated heterocycles. The van der Waals surface area contributed by atoms with E-state index in [-0.39, 0.29) is 10.8 Å². The number of hydrogen-bond acceptors (Lipinski definition) is 1. The maximum atomic E-state index is 6.21. The highest BCUT2D eigenvalue weighted by Gasteiger charge is 2.27. The number of nitrogens with two attached hydrogens (primary N) is 1. The van der Waals surface area contributed by atoms with Crippen LogP contribution in [-0.2, 0) is 10.8 Å². The van der Waals surface area contributed by atoms with E-state index in [0.29, 0.717) is 0 Å². The van der Waals surface area contributed by atoms with Crippen molar-refractivity contribution < 1.29 is 0 Å². The van der Waals surface area contributed by atoms with Gasteiger partial charge in [0, 0.05) is 11.1 Å². The summed E-state index contributed by atoms with van der Waals surface area (Å²) in [7, 11) is 2.17. The van der Waals surface area contributed by atoms with Gasteiger partial charge < -0.3 is 5.73 Å². The minimum absolute atomic E-state index is 0.0998. The van der Waals surface area contributed by atoms with E-state index in [1.807, 2.05) is 12.1 Å². The Hall–Kier alpha value is -1.70. The van der Waals surface area contributed by atoms with E-state index in [1.54, 1.807) is 0 Å². The molecule has 0 bridgehead atoms. The first-order valence-electron chi connectivity index (χ1n) is 7.60. The monoisotopic (exact) mass is 279 g/mol. The third-order valence-corrected chi connectivity index (χ3v) is 4.30. The molecule has 21 heavy (non-hydrogen) atoms. The third-order valence-electron chi connectivity index (χ3n) is 4.30. The lowest BCUT2D eigenvalue weighted by molar-refractivity contribution is 0.583. The van der Waals surface area contributed by atoms with Crippen LogP contribution in [0.2, 0.25) is 0 Å². The van der Waals surface area contributed by atoms with Gasteiger partial charge in [-0.05, 0) is 28.2 Å². The van der Waals surface area contributed by atoms with Gasteiger partial charge in [0.1, 0.15) is 7.85 Å². The lowest BCUT2D eigenvalue weighted by atomic mass is 9.73. The van der Waals surface area contributed by atoms with E-state index >= 15 is 0 Å². The van der Waals surface area contributed by atoms with Crippen LogP contribution in [-0.4, -0.2) is 7.85 Å². The Morgan fingerprint density at radius 2 is 1.43 bits per heavy atom. The molecule has 0 aliphatic carbocycles. The van der Waals surface area contributed by atoms with Crippen LogP contribution in [0.15, 0.2) is 42.5 Å². The van der Waals surface area contributed by atoms with Gasteiger partial charge in [0.05, 0.1) is 0 Å². The summed E-state index contributed by atoms with van der Waals surface area (Å²) in [5.74, 6) is 0. The molecule has 0 heterocycles. The molecule has 0 unspecified atom stereocenters. The Morgan fingerprint density at radius 1 is 0.857 bits per heavy atom. The van der Waals surface area contributed by atoms with Crippen molar-refractivity contribution >= 4 is 19.0 Å². The van der Waals surface area contributed by atoms with E-state index in [0.717, 1.165) is 5.69 Å². The molecule has 0 radical (unpaired) electrons. The second-order valence-corrected chi connectivity index (χ2v) is 7.55. The molecular formula is C19H26BN. The van der Waals surface area contributed by atoms with Gasteiger partial charge in [-0.1, -0.05) is 76.5 Å². The van der Waals surface area contributed by atoms with Gasteiger partial charge in [0.15, 0.2) is 0 Å². The topological polar surface area (TPSA) is 26.0 Å². The van der Waals surface area contributed by atoms with E-state index < -0.39 is 0 Å². The molecule has 0 saturated carbocycles. The highest BCUT2D eigenvalue weighted by molar-refractivity contribution is 6.32. The quantitative estimate of drug-likeness (QED) is 0.663. The molecule has 2 rings (SSSR count). The molecule has 2 aromatic carbocycles. The Balaban J connectivity index is 2.60. The summed E-state index contributed by atoms with van der Waals surface area (Å²) in [4.78, 5) is 0. The fraction of sp³-hybridized carbons (Fsp3) is 0.368. The second-order valence-electron chi connectivity index (χ2n) is 7.55. The van der Waals surface area contributed by atoms with Crippen LogP contribution < -0.4 is 11.2 Å². The Kier molecular flexibility index (Phi) is 3.92. The first-order chi connectivity index (χ1) is 9.62. The van der Waals surface area contributed by atoms with Crippen molar-refractivity contribution in [2.75, 3.05) is 5.73 Å². The van der Waals surface area contributed by atoms with Crippen molar-refractivity contribution in [3.63, 3.8) is 0 Å². The molecule has 2 aromatic rings. The molecule has 2 N–H and O–H groups in total. The molecule has 2 heteroatoms. The SMILES string of the molecule is Bc1cc(C(C)(C)C)cc(C(C)(C)c2ccccc2N)c1. The summed E-state index contributed by atoms with van der Waals surface area (Å²) in [6.45, 7) is 11.3. The highest BCUT2D eigenvalue weighted by Crippen LogP contribution is 2.36. The average molecular weight is 279 g/mol. The van der Waals surface area contributed by atoms with Crippen molar-refractivity contribution in [3.8, 4) is 0 Å². The summed E-state index contributed by atoms with van der Waals surface area (Å²) in [6, 6.07) is 15.1. The van der Waals surface area contributed by atoms with Gasteiger partial charge in [-0.15, -0.1) is 0 Å². The Labute approximate surface area is 130 Å². The first kappa shape index (κ1) is 15.7. The summed E-state index contributed by atoms with van der Waals surface area (Å²) >= 11 is 0. The number of benzene rings is 2. The first-order valence-corrected chi connectivity index (χ1v) is 7.60. The number of hydrogen-bond donors (Lipinski definition) is 1. The van der Waals surface area contributed by atoms with E-state index in [2.05, 4.69) is 72.8 Å². The summed E-state index contributed by atoms with van der Waals surface area (Å²) in [5, 5.41) is 0. The normalized spacial score (nSPS) is 12.4. The molecule has 0 aromatic heterocycles. The number of para-hydroxylation sites is 1. The third kappa shape index (κ3) is 3.15. The molecular weight excluding hydrogens is 253 g/mol. The van der Waals surface area contributed by atoms with Gasteiger partial charge in [-0.25, -0.2) is 0 Å². The van der Waals surface area contributed by atoms with Crippen molar-refractivity contribution in [1.82, 2.24) is 0 Å². The largest absolute Gasteiger partial charge is 0.398 e. The van der Waals surface area contributed by atoms with Gasteiger partial charge in [0.2, 0.25) is 0 Å². The van der Waals surface area contributed by atoms with Gasteiger partial charge in [0.25, 0.3) is 0 Å². The van der Waals surface area contributed by atoms with Gasteiger partial charge >= 0.3 is 0 Å².